The molecule has 0 aliphatic heterocycles. The second kappa shape index (κ2) is 7.14. The first-order valence-corrected chi connectivity index (χ1v) is 6.72. The molecular formula is C15H24N2O3. The number of ether oxygens (including phenoxy) is 2. The predicted molar refractivity (Wildman–Crippen MR) is 79.0 cm³/mol. The summed E-state index contributed by atoms with van der Waals surface area (Å²) in [6.07, 6.45) is 0.485. The minimum absolute atomic E-state index is 0.166. The van der Waals surface area contributed by atoms with Gasteiger partial charge in [-0.3, -0.25) is 4.79 Å². The standard InChI is InChI=1S/C15H24N2O3/c1-11(2)17-15(3,14(16)18)9-10-20-13-8-6-5-7-12(13)19-4/h5-8,11,17H,9-10H2,1-4H3,(H2,16,18). The second-order valence-electron chi connectivity index (χ2n) is 5.24. The molecule has 1 amide bonds. The topological polar surface area (TPSA) is 73.6 Å². The molecule has 0 aliphatic carbocycles. The summed E-state index contributed by atoms with van der Waals surface area (Å²) in [6, 6.07) is 7.57. The van der Waals surface area contributed by atoms with Gasteiger partial charge < -0.3 is 20.5 Å². The van der Waals surface area contributed by atoms with Crippen molar-refractivity contribution in [3.63, 3.8) is 0 Å². The van der Waals surface area contributed by atoms with Crippen LogP contribution in [0.5, 0.6) is 11.5 Å². The lowest BCUT2D eigenvalue weighted by Crippen LogP contribution is -2.56. The third-order valence-corrected chi connectivity index (χ3v) is 3.08. The maximum atomic E-state index is 11.6. The molecule has 5 nitrogen and oxygen atoms in total. The molecule has 0 saturated heterocycles. The number of rotatable bonds is 8. The van der Waals surface area contributed by atoms with Gasteiger partial charge >= 0.3 is 0 Å². The molecule has 0 saturated carbocycles. The van der Waals surface area contributed by atoms with Gasteiger partial charge in [0.2, 0.25) is 5.91 Å². The predicted octanol–water partition coefficient (Wildman–Crippen LogP) is 1.71. The van der Waals surface area contributed by atoms with Crippen LogP contribution in [0.4, 0.5) is 0 Å². The lowest BCUT2D eigenvalue weighted by molar-refractivity contribution is -0.124. The first-order valence-electron chi connectivity index (χ1n) is 6.72. The van der Waals surface area contributed by atoms with Crippen LogP contribution < -0.4 is 20.5 Å². The molecule has 0 aliphatic rings. The third kappa shape index (κ3) is 4.42. The third-order valence-electron chi connectivity index (χ3n) is 3.08. The van der Waals surface area contributed by atoms with E-state index in [1.807, 2.05) is 38.1 Å². The molecule has 0 radical (unpaired) electrons. The number of para-hydroxylation sites is 2. The van der Waals surface area contributed by atoms with Gasteiger partial charge in [-0.15, -0.1) is 0 Å². The maximum absolute atomic E-state index is 11.6. The zero-order valence-electron chi connectivity index (χ0n) is 12.6. The van der Waals surface area contributed by atoms with Crippen molar-refractivity contribution in [3.05, 3.63) is 24.3 Å². The number of amides is 1. The maximum Gasteiger partial charge on any atom is 0.237 e. The van der Waals surface area contributed by atoms with E-state index < -0.39 is 5.54 Å². The van der Waals surface area contributed by atoms with Crippen molar-refractivity contribution in [1.29, 1.82) is 0 Å². The Morgan fingerprint density at radius 3 is 2.45 bits per heavy atom. The van der Waals surface area contributed by atoms with Gasteiger partial charge in [-0.25, -0.2) is 0 Å². The Morgan fingerprint density at radius 1 is 1.35 bits per heavy atom. The molecule has 1 atom stereocenters. The minimum atomic E-state index is -0.782. The number of carbonyl (C=O) groups is 1. The first-order chi connectivity index (χ1) is 9.39. The Kier molecular flexibility index (Phi) is 5.82. The lowest BCUT2D eigenvalue weighted by atomic mass is 9.96. The number of nitrogens with one attached hydrogen (secondary N) is 1. The molecule has 5 heteroatoms. The van der Waals surface area contributed by atoms with Crippen molar-refractivity contribution in [2.75, 3.05) is 13.7 Å². The van der Waals surface area contributed by atoms with Gasteiger partial charge in [0, 0.05) is 12.5 Å². The monoisotopic (exact) mass is 280 g/mol. The van der Waals surface area contributed by atoms with Gasteiger partial charge in [-0.05, 0) is 32.9 Å². The van der Waals surface area contributed by atoms with Gasteiger partial charge in [-0.1, -0.05) is 12.1 Å². The molecule has 3 N–H and O–H groups in total. The van der Waals surface area contributed by atoms with E-state index >= 15 is 0 Å². The van der Waals surface area contributed by atoms with Gasteiger partial charge in [0.15, 0.2) is 11.5 Å². The molecule has 0 fully saturated rings. The van der Waals surface area contributed by atoms with Crippen molar-refractivity contribution in [2.24, 2.45) is 5.73 Å². The summed E-state index contributed by atoms with van der Waals surface area (Å²) in [5.41, 5.74) is 4.69. The number of hydrogen-bond acceptors (Lipinski definition) is 4. The highest BCUT2D eigenvalue weighted by Gasteiger charge is 2.31. The van der Waals surface area contributed by atoms with E-state index in [9.17, 15) is 4.79 Å². The molecule has 1 rings (SSSR count). The Labute approximate surface area is 120 Å². The summed E-state index contributed by atoms with van der Waals surface area (Å²) >= 11 is 0. The second-order valence-corrected chi connectivity index (χ2v) is 5.24. The summed E-state index contributed by atoms with van der Waals surface area (Å²) in [6.45, 7) is 6.12. The quantitative estimate of drug-likeness (QED) is 0.760. The molecule has 1 aromatic rings. The van der Waals surface area contributed by atoms with Crippen LogP contribution in [0, 0.1) is 0 Å². The Hall–Kier alpha value is -1.75. The summed E-state index contributed by atoms with van der Waals surface area (Å²) < 4.78 is 10.9. The molecule has 0 bridgehead atoms. The molecule has 0 heterocycles. The van der Waals surface area contributed by atoms with Gasteiger partial charge in [0.25, 0.3) is 0 Å². The van der Waals surface area contributed by atoms with E-state index in [1.165, 1.54) is 0 Å². The number of primary amides is 1. The van der Waals surface area contributed by atoms with E-state index in [1.54, 1.807) is 14.0 Å². The van der Waals surface area contributed by atoms with Crippen molar-refractivity contribution in [3.8, 4) is 11.5 Å². The van der Waals surface area contributed by atoms with Crippen molar-refractivity contribution >= 4 is 5.91 Å². The van der Waals surface area contributed by atoms with Crippen LogP contribution in [-0.4, -0.2) is 31.2 Å². The first kappa shape index (κ1) is 16.3. The molecule has 0 aromatic heterocycles. The van der Waals surface area contributed by atoms with E-state index in [0.29, 0.717) is 24.5 Å². The molecule has 1 aromatic carbocycles. The summed E-state index contributed by atoms with van der Waals surface area (Å²) in [5.74, 6) is 0.950. The molecule has 112 valence electrons. The van der Waals surface area contributed by atoms with Crippen LogP contribution in [0.3, 0.4) is 0 Å². The van der Waals surface area contributed by atoms with Crippen LogP contribution in [0.15, 0.2) is 24.3 Å². The Morgan fingerprint density at radius 2 is 1.95 bits per heavy atom. The van der Waals surface area contributed by atoms with E-state index in [-0.39, 0.29) is 11.9 Å². The number of methoxy groups -OCH3 is 1. The minimum Gasteiger partial charge on any atom is -0.493 e. The molecule has 1 unspecified atom stereocenters. The summed E-state index contributed by atoms with van der Waals surface area (Å²) in [4.78, 5) is 11.6. The fourth-order valence-corrected chi connectivity index (χ4v) is 2.01. The average molecular weight is 280 g/mol. The van der Waals surface area contributed by atoms with Crippen LogP contribution in [0.2, 0.25) is 0 Å². The van der Waals surface area contributed by atoms with Crippen LogP contribution in [0.25, 0.3) is 0 Å². The molecular weight excluding hydrogens is 256 g/mol. The van der Waals surface area contributed by atoms with Crippen molar-refractivity contribution in [1.82, 2.24) is 5.32 Å². The summed E-state index contributed by atoms with van der Waals surface area (Å²) in [5, 5.41) is 3.18. The summed E-state index contributed by atoms with van der Waals surface area (Å²) in [7, 11) is 1.59. The van der Waals surface area contributed by atoms with E-state index in [2.05, 4.69) is 5.32 Å². The molecule has 20 heavy (non-hydrogen) atoms. The van der Waals surface area contributed by atoms with Crippen molar-refractivity contribution < 1.29 is 14.3 Å². The average Bonchev–Trinajstić information content (AvgIpc) is 2.38. The highest BCUT2D eigenvalue weighted by molar-refractivity contribution is 5.84. The Bertz CT molecular complexity index is 448. The SMILES string of the molecule is COc1ccccc1OCCC(C)(NC(C)C)C(N)=O. The van der Waals surface area contributed by atoms with Crippen LogP contribution in [0.1, 0.15) is 27.2 Å². The number of carbonyl (C=O) groups excluding carboxylic acids is 1. The number of nitrogens with two attached hydrogens (primary N) is 1. The number of hydrogen-bond donors (Lipinski definition) is 2. The van der Waals surface area contributed by atoms with E-state index in [4.69, 9.17) is 15.2 Å². The van der Waals surface area contributed by atoms with Crippen LogP contribution in [-0.2, 0) is 4.79 Å². The Balaban J connectivity index is 2.63. The zero-order chi connectivity index (χ0) is 15.2. The van der Waals surface area contributed by atoms with Gasteiger partial charge in [0.1, 0.15) is 0 Å². The fraction of sp³-hybridized carbons (Fsp3) is 0.533. The number of benzene rings is 1. The highest BCUT2D eigenvalue weighted by Crippen LogP contribution is 2.26. The van der Waals surface area contributed by atoms with Crippen LogP contribution >= 0.6 is 0 Å². The van der Waals surface area contributed by atoms with Gasteiger partial charge in [0.05, 0.1) is 19.3 Å². The largest absolute Gasteiger partial charge is 0.493 e. The van der Waals surface area contributed by atoms with Crippen molar-refractivity contribution in [2.45, 2.75) is 38.8 Å². The smallest absolute Gasteiger partial charge is 0.237 e. The lowest BCUT2D eigenvalue weighted by Gasteiger charge is -2.29. The van der Waals surface area contributed by atoms with Gasteiger partial charge in [-0.2, -0.15) is 0 Å². The zero-order valence-corrected chi connectivity index (χ0v) is 12.6. The molecule has 0 spiro atoms. The normalized spacial score (nSPS) is 13.8. The van der Waals surface area contributed by atoms with E-state index in [0.717, 1.165) is 0 Å². The fourth-order valence-electron chi connectivity index (χ4n) is 2.01. The highest BCUT2D eigenvalue weighted by atomic mass is 16.5.